The first kappa shape index (κ1) is 8.74. The van der Waals surface area contributed by atoms with Crippen molar-refractivity contribution in [1.82, 2.24) is 0 Å². The Morgan fingerprint density at radius 3 is 2.57 bits per heavy atom. The monoisotopic (exact) mass is 194 g/mol. The molecule has 0 fully saturated rings. The van der Waals surface area contributed by atoms with E-state index in [0.29, 0.717) is 5.69 Å². The number of amides is 1. The van der Waals surface area contributed by atoms with Crippen LogP contribution in [-0.2, 0) is 9.59 Å². The third kappa shape index (κ3) is 2.10. The summed E-state index contributed by atoms with van der Waals surface area (Å²) in [5, 5.41) is 8.79. The minimum Gasteiger partial charge on any atom is -0.480 e. The van der Waals surface area contributed by atoms with E-state index >= 15 is 0 Å². The van der Waals surface area contributed by atoms with Crippen LogP contribution in [0.15, 0.2) is 30.3 Å². The lowest BCUT2D eigenvalue weighted by Crippen LogP contribution is -2.37. The largest absolute Gasteiger partial charge is 0.480 e. The van der Waals surface area contributed by atoms with E-state index in [-0.39, 0.29) is 0 Å². The number of hydrogen-bond acceptors (Lipinski definition) is 2. The normalized spacial score (nSPS) is 12.8. The molecular weight excluding hydrogens is 182 g/mol. The lowest BCUT2D eigenvalue weighted by atomic mass is 10.2. The molecule has 0 aromatic heterocycles. The molecule has 0 aliphatic rings. The number of aliphatic carboxylic acids is 1. The molecule has 0 bridgehead atoms. The van der Waals surface area contributed by atoms with E-state index in [9.17, 15) is 9.59 Å². The van der Waals surface area contributed by atoms with Crippen molar-refractivity contribution < 1.29 is 16.1 Å². The van der Waals surface area contributed by atoms with Gasteiger partial charge in [0.25, 0.3) is 0 Å². The highest BCUT2D eigenvalue weighted by atomic mass is 16.4. The molecule has 1 aromatic carbocycles. The molecule has 74 valence electrons. The number of carboxylic acid groups (broad SMARTS) is 1. The maximum Gasteiger partial charge on any atom is 0.326 e. The van der Waals surface area contributed by atoms with E-state index in [4.69, 9.17) is 6.48 Å². The summed E-state index contributed by atoms with van der Waals surface area (Å²) in [6, 6.07) is 7.25. The Morgan fingerprint density at radius 2 is 2.14 bits per heavy atom. The molecule has 0 spiro atoms. The topological polar surface area (TPSA) is 57.6 Å². The van der Waals surface area contributed by atoms with Gasteiger partial charge in [0.2, 0.25) is 6.39 Å². The molecule has 1 N–H and O–H groups in total. The van der Waals surface area contributed by atoms with Gasteiger partial charge in [-0.25, -0.2) is 4.79 Å². The van der Waals surface area contributed by atoms with Crippen LogP contribution in [0.3, 0.4) is 0 Å². The molecular formula is C10H11NO3. The highest BCUT2D eigenvalue weighted by Gasteiger charge is 2.19. The Bertz CT molecular complexity index is 366. The van der Waals surface area contributed by atoms with Crippen LogP contribution in [0.1, 0.15) is 8.29 Å². The van der Waals surface area contributed by atoms with Gasteiger partial charge in [-0.1, -0.05) is 18.2 Å². The van der Waals surface area contributed by atoms with Crippen LogP contribution in [-0.4, -0.2) is 23.5 Å². The molecule has 1 amide bonds. The number of hydrogen-bond donors (Lipinski definition) is 1. The van der Waals surface area contributed by atoms with Gasteiger partial charge in [0.15, 0.2) is 0 Å². The van der Waals surface area contributed by atoms with E-state index in [1.165, 1.54) is 6.92 Å². The minimum absolute atomic E-state index is 0.410. The number of benzene rings is 1. The van der Waals surface area contributed by atoms with E-state index in [0.717, 1.165) is 4.90 Å². The van der Waals surface area contributed by atoms with Crippen LogP contribution >= 0.6 is 0 Å². The van der Waals surface area contributed by atoms with Crippen molar-refractivity contribution in [3.63, 3.8) is 0 Å². The van der Waals surface area contributed by atoms with Gasteiger partial charge in [-0.05, 0) is 19.1 Å². The van der Waals surface area contributed by atoms with Crippen molar-refractivity contribution in [3.8, 4) is 0 Å². The fourth-order valence-electron chi connectivity index (χ4n) is 1.05. The Balaban J connectivity index is 3.04. The third-order valence-electron chi connectivity index (χ3n) is 1.88. The van der Waals surface area contributed by atoms with Crippen molar-refractivity contribution >= 4 is 18.0 Å². The molecule has 1 rings (SSSR count). The summed E-state index contributed by atoms with van der Waals surface area (Å²) in [5.74, 6) is -1.14. The summed E-state index contributed by atoms with van der Waals surface area (Å²) in [6.07, 6.45) is -1.03. The predicted molar refractivity (Wildman–Crippen MR) is 52.1 cm³/mol. The number of carboxylic acids is 1. The van der Waals surface area contributed by atoms with Crippen LogP contribution in [0.25, 0.3) is 0 Å². The molecule has 0 unspecified atom stereocenters. The van der Waals surface area contributed by atoms with Crippen LogP contribution in [0, 0.1) is 0 Å². The molecule has 4 heteroatoms. The molecule has 0 aliphatic heterocycles. The number of anilines is 1. The quantitative estimate of drug-likeness (QED) is 0.733. The van der Waals surface area contributed by atoms with E-state index < -0.39 is 18.4 Å². The van der Waals surface area contributed by atoms with Crippen molar-refractivity contribution in [2.45, 2.75) is 13.0 Å². The molecule has 0 radical (unpaired) electrons. The second-order valence-electron chi connectivity index (χ2n) is 2.81. The number of rotatable bonds is 3. The van der Waals surface area contributed by atoms with Crippen LogP contribution in [0.5, 0.6) is 0 Å². The number of para-hydroxylation sites is 1. The Labute approximate surface area is 83.2 Å². The molecule has 0 saturated carbocycles. The SMILES string of the molecule is [2H]C(=O)N(c1ccccc1)[C@@H](C)C(=O)O. The highest BCUT2D eigenvalue weighted by Crippen LogP contribution is 2.14. The zero-order chi connectivity index (χ0) is 11.4. The third-order valence-corrected chi connectivity index (χ3v) is 1.88. The van der Waals surface area contributed by atoms with Gasteiger partial charge in [0, 0.05) is 5.69 Å². The number of nitrogens with zero attached hydrogens (tertiary/aromatic N) is 1. The van der Waals surface area contributed by atoms with Gasteiger partial charge in [0.1, 0.15) is 7.41 Å². The smallest absolute Gasteiger partial charge is 0.326 e. The summed E-state index contributed by atoms with van der Waals surface area (Å²) in [5.41, 5.74) is 0.410. The van der Waals surface area contributed by atoms with Gasteiger partial charge in [-0.3, -0.25) is 4.79 Å². The number of carbonyl (C=O) groups excluding carboxylic acids is 1. The fourth-order valence-corrected chi connectivity index (χ4v) is 1.05. The Hall–Kier alpha value is -1.84. The molecule has 0 aliphatic carbocycles. The lowest BCUT2D eigenvalue weighted by Gasteiger charge is -2.21. The van der Waals surface area contributed by atoms with Crippen LogP contribution in [0.4, 0.5) is 5.69 Å². The maximum absolute atomic E-state index is 11.0. The van der Waals surface area contributed by atoms with Crippen molar-refractivity contribution in [2.24, 2.45) is 0 Å². The highest BCUT2D eigenvalue weighted by molar-refractivity contribution is 5.87. The van der Waals surface area contributed by atoms with Crippen molar-refractivity contribution in [1.29, 1.82) is 0 Å². The van der Waals surface area contributed by atoms with Gasteiger partial charge >= 0.3 is 5.97 Å². The lowest BCUT2D eigenvalue weighted by molar-refractivity contribution is -0.138. The standard InChI is InChI=1S/C10H11NO3/c1-8(10(13)14)11(7-12)9-5-3-2-4-6-9/h2-8H,1H3,(H,13,14)/t8-/m0/s1/i7D. The zero-order valence-electron chi connectivity index (χ0n) is 8.68. The van der Waals surface area contributed by atoms with E-state index in [1.807, 2.05) is 0 Å². The molecule has 1 aromatic rings. The summed E-state index contributed by atoms with van der Waals surface area (Å²) < 4.78 is 7.02. The van der Waals surface area contributed by atoms with Gasteiger partial charge in [-0.15, -0.1) is 0 Å². The summed E-state index contributed by atoms with van der Waals surface area (Å²) in [6.45, 7) is 1.36. The first-order chi connectivity index (χ1) is 7.04. The van der Waals surface area contributed by atoms with E-state index in [2.05, 4.69) is 0 Å². The van der Waals surface area contributed by atoms with Crippen LogP contribution < -0.4 is 4.90 Å². The minimum atomic E-state index is -1.14. The van der Waals surface area contributed by atoms with Gasteiger partial charge < -0.3 is 10.0 Å². The predicted octanol–water partition coefficient (Wildman–Crippen LogP) is 1.12. The Morgan fingerprint density at radius 1 is 1.57 bits per heavy atom. The van der Waals surface area contributed by atoms with E-state index in [1.54, 1.807) is 30.3 Å². The second-order valence-corrected chi connectivity index (χ2v) is 2.81. The summed E-state index contributed by atoms with van der Waals surface area (Å²) in [7, 11) is 0. The molecule has 1 atom stereocenters. The van der Waals surface area contributed by atoms with Gasteiger partial charge in [0.05, 0.1) is 0 Å². The molecule has 4 nitrogen and oxygen atoms in total. The van der Waals surface area contributed by atoms with Crippen molar-refractivity contribution in [2.75, 3.05) is 4.90 Å². The molecule has 14 heavy (non-hydrogen) atoms. The van der Waals surface area contributed by atoms with Crippen LogP contribution in [0.2, 0.25) is 0 Å². The summed E-state index contributed by atoms with van der Waals surface area (Å²) in [4.78, 5) is 22.7. The second kappa shape index (κ2) is 4.41. The Kier molecular flexibility index (Phi) is 2.76. The number of carbonyl (C=O) groups is 2. The van der Waals surface area contributed by atoms with Crippen molar-refractivity contribution in [3.05, 3.63) is 30.3 Å². The first-order valence-corrected chi connectivity index (χ1v) is 4.11. The average molecular weight is 194 g/mol. The first-order valence-electron chi connectivity index (χ1n) is 4.61. The van der Waals surface area contributed by atoms with Gasteiger partial charge in [-0.2, -0.15) is 0 Å². The molecule has 0 heterocycles. The maximum atomic E-state index is 11.0. The molecule has 0 saturated heterocycles. The summed E-state index contributed by atoms with van der Waals surface area (Å²) >= 11 is 0. The zero-order valence-corrected chi connectivity index (χ0v) is 7.68. The average Bonchev–Trinajstić information content (AvgIpc) is 2.18. The fraction of sp³-hybridized carbons (Fsp3) is 0.200.